The zero-order valence-electron chi connectivity index (χ0n) is 14.1. The molecule has 1 saturated carbocycles. The highest BCUT2D eigenvalue weighted by atomic mass is 35.5. The largest absolute Gasteiger partial charge is 0.418 e. The molecule has 3 rings (SSSR count). The van der Waals surface area contributed by atoms with Gasteiger partial charge in [-0.25, -0.2) is 0 Å². The molecule has 1 aromatic carbocycles. The number of rotatable bonds is 7. The lowest BCUT2D eigenvalue weighted by molar-refractivity contribution is -0.137. The van der Waals surface area contributed by atoms with Crippen molar-refractivity contribution in [1.29, 1.82) is 0 Å². The molecule has 1 aliphatic carbocycles. The highest BCUT2D eigenvalue weighted by Crippen LogP contribution is 2.40. The topological polar surface area (TPSA) is 59.8 Å². The van der Waals surface area contributed by atoms with Gasteiger partial charge in [-0.1, -0.05) is 35.5 Å². The number of benzene rings is 1. The molecule has 10 heteroatoms. The Morgan fingerprint density at radius 1 is 1.41 bits per heavy atom. The molecular formula is C17H16ClF3N4OS. The number of hydrogen-bond donors (Lipinski definition) is 1. The van der Waals surface area contributed by atoms with Crippen molar-refractivity contribution < 1.29 is 18.0 Å². The van der Waals surface area contributed by atoms with E-state index in [4.69, 9.17) is 11.6 Å². The van der Waals surface area contributed by atoms with Gasteiger partial charge in [0.15, 0.2) is 5.16 Å². The number of alkyl halides is 3. The van der Waals surface area contributed by atoms with Crippen molar-refractivity contribution in [2.75, 3.05) is 11.1 Å². The van der Waals surface area contributed by atoms with Gasteiger partial charge in [0.1, 0.15) is 5.82 Å². The van der Waals surface area contributed by atoms with E-state index in [1.54, 1.807) is 6.08 Å². The average molecular weight is 417 g/mol. The first-order valence-corrected chi connectivity index (χ1v) is 9.50. The Morgan fingerprint density at radius 2 is 2.15 bits per heavy atom. The van der Waals surface area contributed by atoms with E-state index in [-0.39, 0.29) is 10.8 Å². The standard InChI is InChI=1S/C17H16ClF3N4OS/c1-2-8-25-15(10-6-7-10)23-24-16(25)27-9-13(26)22-14-11(17(19,20)21)4-3-5-12(14)18/h2-5,10H,1,6-9H2,(H,22,26). The molecule has 1 N–H and O–H groups in total. The highest BCUT2D eigenvalue weighted by Gasteiger charge is 2.35. The van der Waals surface area contributed by atoms with Crippen molar-refractivity contribution in [2.45, 2.75) is 36.6 Å². The molecule has 0 spiro atoms. The van der Waals surface area contributed by atoms with Crippen LogP contribution in [0.2, 0.25) is 5.02 Å². The molecule has 5 nitrogen and oxygen atoms in total. The quantitative estimate of drug-likeness (QED) is 0.523. The van der Waals surface area contributed by atoms with Gasteiger partial charge in [0.25, 0.3) is 0 Å². The van der Waals surface area contributed by atoms with Crippen LogP contribution >= 0.6 is 23.4 Å². The molecule has 0 bridgehead atoms. The minimum Gasteiger partial charge on any atom is -0.324 e. The summed E-state index contributed by atoms with van der Waals surface area (Å²) in [5, 5.41) is 10.9. The second-order valence-corrected chi connectivity index (χ2v) is 7.36. The predicted octanol–water partition coefficient (Wildman–Crippen LogP) is 4.74. The number of amides is 1. The Kier molecular flexibility index (Phi) is 5.81. The summed E-state index contributed by atoms with van der Waals surface area (Å²) in [6.07, 6.45) is -0.816. The second-order valence-electron chi connectivity index (χ2n) is 6.01. The number of carbonyl (C=O) groups is 1. The molecule has 144 valence electrons. The number of halogens is 4. The van der Waals surface area contributed by atoms with E-state index in [1.165, 1.54) is 12.1 Å². The van der Waals surface area contributed by atoms with E-state index < -0.39 is 23.3 Å². The molecule has 1 aliphatic rings. The average Bonchev–Trinajstić information content (AvgIpc) is 3.36. The summed E-state index contributed by atoms with van der Waals surface area (Å²) in [4.78, 5) is 12.2. The number of hydrogen-bond acceptors (Lipinski definition) is 4. The number of allylic oxidation sites excluding steroid dienone is 1. The summed E-state index contributed by atoms with van der Waals surface area (Å²) in [5.41, 5.74) is -1.43. The SMILES string of the molecule is C=CCn1c(SCC(=O)Nc2c(Cl)cccc2C(F)(F)F)nnc1C1CC1. The summed E-state index contributed by atoms with van der Waals surface area (Å²) < 4.78 is 41.2. The zero-order valence-corrected chi connectivity index (χ0v) is 15.7. The van der Waals surface area contributed by atoms with Gasteiger partial charge >= 0.3 is 6.18 Å². The summed E-state index contributed by atoms with van der Waals surface area (Å²) in [6.45, 7) is 4.21. The van der Waals surface area contributed by atoms with Crippen LogP contribution in [0.15, 0.2) is 36.0 Å². The number of para-hydroxylation sites is 1. The molecule has 1 heterocycles. The van der Waals surface area contributed by atoms with Crippen LogP contribution in [0.5, 0.6) is 0 Å². The van der Waals surface area contributed by atoms with Crippen molar-refractivity contribution in [1.82, 2.24) is 14.8 Å². The molecule has 1 aromatic heterocycles. The predicted molar refractivity (Wildman–Crippen MR) is 98.0 cm³/mol. The Labute approximate surface area is 163 Å². The second kappa shape index (κ2) is 7.93. The molecule has 27 heavy (non-hydrogen) atoms. The third-order valence-electron chi connectivity index (χ3n) is 3.92. The smallest absolute Gasteiger partial charge is 0.324 e. The maximum absolute atomic E-state index is 13.1. The fraction of sp³-hybridized carbons (Fsp3) is 0.353. The number of nitrogens with one attached hydrogen (secondary N) is 1. The molecule has 0 unspecified atom stereocenters. The van der Waals surface area contributed by atoms with E-state index in [0.717, 1.165) is 36.5 Å². The number of anilines is 1. The van der Waals surface area contributed by atoms with Crippen LogP contribution in [0.3, 0.4) is 0 Å². The van der Waals surface area contributed by atoms with Crippen molar-refractivity contribution in [3.8, 4) is 0 Å². The molecule has 1 fully saturated rings. The Bertz CT molecular complexity index is 864. The van der Waals surface area contributed by atoms with Gasteiger partial charge in [0, 0.05) is 12.5 Å². The first-order valence-electron chi connectivity index (χ1n) is 8.13. The number of carbonyl (C=O) groups excluding carboxylic acids is 1. The summed E-state index contributed by atoms with van der Waals surface area (Å²) >= 11 is 6.95. The first-order chi connectivity index (χ1) is 12.8. The van der Waals surface area contributed by atoms with Crippen LogP contribution in [0.4, 0.5) is 18.9 Å². The van der Waals surface area contributed by atoms with Crippen molar-refractivity contribution >= 4 is 35.0 Å². The van der Waals surface area contributed by atoms with E-state index in [0.29, 0.717) is 17.6 Å². The van der Waals surface area contributed by atoms with Gasteiger partial charge in [-0.15, -0.1) is 16.8 Å². The molecule has 2 aromatic rings. The number of thioether (sulfide) groups is 1. The summed E-state index contributed by atoms with van der Waals surface area (Å²) in [7, 11) is 0. The number of nitrogens with zero attached hydrogens (tertiary/aromatic N) is 3. The monoisotopic (exact) mass is 416 g/mol. The lowest BCUT2D eigenvalue weighted by atomic mass is 10.1. The lowest BCUT2D eigenvalue weighted by Gasteiger charge is -2.15. The number of aromatic nitrogens is 3. The Morgan fingerprint density at radius 3 is 2.78 bits per heavy atom. The van der Waals surface area contributed by atoms with Crippen LogP contribution < -0.4 is 5.32 Å². The van der Waals surface area contributed by atoms with E-state index >= 15 is 0 Å². The van der Waals surface area contributed by atoms with Crippen LogP contribution in [0.1, 0.15) is 30.1 Å². The summed E-state index contributed by atoms with van der Waals surface area (Å²) in [5.74, 6) is 0.490. The summed E-state index contributed by atoms with van der Waals surface area (Å²) in [6, 6.07) is 3.35. The fourth-order valence-corrected chi connectivity index (χ4v) is 3.52. The minimum absolute atomic E-state index is 0.123. The first kappa shape index (κ1) is 19.8. The van der Waals surface area contributed by atoms with E-state index in [9.17, 15) is 18.0 Å². The fourth-order valence-electron chi connectivity index (χ4n) is 2.54. The molecule has 0 aliphatic heterocycles. The minimum atomic E-state index is -4.62. The van der Waals surface area contributed by atoms with Crippen molar-refractivity contribution in [2.24, 2.45) is 0 Å². The van der Waals surface area contributed by atoms with Crippen LogP contribution in [-0.4, -0.2) is 26.4 Å². The molecular weight excluding hydrogens is 401 g/mol. The third-order valence-corrected chi connectivity index (χ3v) is 5.20. The van der Waals surface area contributed by atoms with Crippen LogP contribution in [0, 0.1) is 0 Å². The maximum atomic E-state index is 13.1. The third kappa shape index (κ3) is 4.65. The Balaban J connectivity index is 1.70. The highest BCUT2D eigenvalue weighted by molar-refractivity contribution is 7.99. The van der Waals surface area contributed by atoms with Gasteiger partial charge in [-0.2, -0.15) is 13.2 Å². The van der Waals surface area contributed by atoms with Gasteiger partial charge < -0.3 is 9.88 Å². The maximum Gasteiger partial charge on any atom is 0.418 e. The van der Waals surface area contributed by atoms with Crippen molar-refractivity contribution in [3.05, 3.63) is 47.3 Å². The van der Waals surface area contributed by atoms with Gasteiger partial charge in [0.05, 0.1) is 22.0 Å². The molecule has 1 amide bonds. The Hall–Kier alpha value is -2.00. The lowest BCUT2D eigenvalue weighted by Crippen LogP contribution is -2.19. The normalized spacial score (nSPS) is 14.2. The zero-order chi connectivity index (χ0) is 19.6. The van der Waals surface area contributed by atoms with E-state index in [1.807, 2.05) is 4.57 Å². The van der Waals surface area contributed by atoms with Gasteiger partial charge in [-0.05, 0) is 25.0 Å². The van der Waals surface area contributed by atoms with Crippen LogP contribution in [-0.2, 0) is 17.5 Å². The molecule has 0 saturated heterocycles. The van der Waals surface area contributed by atoms with Crippen LogP contribution in [0.25, 0.3) is 0 Å². The van der Waals surface area contributed by atoms with E-state index in [2.05, 4.69) is 22.1 Å². The van der Waals surface area contributed by atoms with Crippen molar-refractivity contribution in [3.63, 3.8) is 0 Å². The molecule has 0 radical (unpaired) electrons. The van der Waals surface area contributed by atoms with Gasteiger partial charge in [-0.3, -0.25) is 4.79 Å². The molecule has 0 atom stereocenters. The van der Waals surface area contributed by atoms with Gasteiger partial charge in [0.2, 0.25) is 5.91 Å².